The van der Waals surface area contributed by atoms with Crippen LogP contribution in [0.3, 0.4) is 0 Å². The molecule has 0 amide bonds. The van der Waals surface area contributed by atoms with Gasteiger partial charge in [0.1, 0.15) is 11.3 Å². The number of rotatable bonds is 3. The molecule has 0 saturated carbocycles. The molecule has 92 valence electrons. The van der Waals surface area contributed by atoms with Crippen LogP contribution in [-0.4, -0.2) is 25.2 Å². The van der Waals surface area contributed by atoms with Crippen molar-refractivity contribution >= 4 is 11.7 Å². The summed E-state index contributed by atoms with van der Waals surface area (Å²) in [6.07, 6.45) is 0.920. The van der Waals surface area contributed by atoms with Gasteiger partial charge in [0, 0.05) is 12.1 Å². The van der Waals surface area contributed by atoms with Gasteiger partial charge in [-0.05, 0) is 37.6 Å². The van der Waals surface area contributed by atoms with Crippen LogP contribution in [0.1, 0.15) is 19.4 Å². The average Bonchev–Trinajstić information content (AvgIpc) is 2.74. The molecule has 0 spiro atoms. The Morgan fingerprint density at radius 3 is 2.94 bits per heavy atom. The van der Waals surface area contributed by atoms with E-state index in [1.54, 1.807) is 13.8 Å². The zero-order valence-corrected chi connectivity index (χ0v) is 10.4. The summed E-state index contributed by atoms with van der Waals surface area (Å²) in [6.45, 7) is 4.32. The number of ether oxygens (including phenoxy) is 2. The van der Waals surface area contributed by atoms with Crippen molar-refractivity contribution in [2.24, 2.45) is 0 Å². The summed E-state index contributed by atoms with van der Waals surface area (Å²) in [4.78, 5) is 11.6. The molecule has 1 aliphatic heterocycles. The smallest absolute Gasteiger partial charge is 0.330 e. The van der Waals surface area contributed by atoms with E-state index in [1.807, 2.05) is 18.2 Å². The first-order valence-corrected chi connectivity index (χ1v) is 5.65. The van der Waals surface area contributed by atoms with Crippen LogP contribution >= 0.6 is 0 Å². The van der Waals surface area contributed by atoms with Crippen molar-refractivity contribution in [2.45, 2.75) is 25.8 Å². The zero-order valence-electron chi connectivity index (χ0n) is 10.4. The van der Waals surface area contributed by atoms with Gasteiger partial charge in [0.2, 0.25) is 0 Å². The van der Waals surface area contributed by atoms with Gasteiger partial charge >= 0.3 is 5.97 Å². The molecule has 1 heterocycles. The van der Waals surface area contributed by atoms with Gasteiger partial charge < -0.3 is 14.8 Å². The van der Waals surface area contributed by atoms with Crippen LogP contribution < -0.4 is 10.1 Å². The van der Waals surface area contributed by atoms with Crippen LogP contribution in [-0.2, 0) is 16.0 Å². The standard InChI is InChI=1S/C13H17NO3/c1-13(2,12(15)16-3)14-10-4-5-11-9(8-10)6-7-17-11/h4-5,8,14H,6-7H2,1-3H3. The largest absolute Gasteiger partial charge is 0.493 e. The molecule has 1 aromatic carbocycles. The maximum atomic E-state index is 11.6. The van der Waals surface area contributed by atoms with E-state index in [1.165, 1.54) is 12.7 Å². The van der Waals surface area contributed by atoms with Crippen molar-refractivity contribution in [1.29, 1.82) is 0 Å². The molecule has 0 bridgehead atoms. The predicted octanol–water partition coefficient (Wildman–Crippen LogP) is 1.98. The van der Waals surface area contributed by atoms with Crippen molar-refractivity contribution in [1.82, 2.24) is 0 Å². The predicted molar refractivity (Wildman–Crippen MR) is 65.4 cm³/mol. The number of carbonyl (C=O) groups is 1. The number of benzene rings is 1. The Morgan fingerprint density at radius 2 is 2.24 bits per heavy atom. The number of esters is 1. The van der Waals surface area contributed by atoms with Gasteiger partial charge in [0.15, 0.2) is 0 Å². The fourth-order valence-corrected chi connectivity index (χ4v) is 1.93. The van der Waals surface area contributed by atoms with Gasteiger partial charge in [0.25, 0.3) is 0 Å². The van der Waals surface area contributed by atoms with E-state index >= 15 is 0 Å². The summed E-state index contributed by atoms with van der Waals surface area (Å²) in [5, 5.41) is 3.17. The Kier molecular flexibility index (Phi) is 2.96. The lowest BCUT2D eigenvalue weighted by Crippen LogP contribution is -2.41. The van der Waals surface area contributed by atoms with Crippen LogP contribution in [0.5, 0.6) is 5.75 Å². The summed E-state index contributed by atoms with van der Waals surface area (Å²) in [7, 11) is 1.39. The molecule has 1 aliphatic rings. The van der Waals surface area contributed by atoms with E-state index in [0.717, 1.165) is 24.5 Å². The van der Waals surface area contributed by atoms with Gasteiger partial charge in [-0.25, -0.2) is 4.79 Å². The second-order valence-corrected chi connectivity index (χ2v) is 4.66. The van der Waals surface area contributed by atoms with Crippen molar-refractivity contribution in [2.75, 3.05) is 19.0 Å². The average molecular weight is 235 g/mol. The Hall–Kier alpha value is -1.71. The van der Waals surface area contributed by atoms with E-state index in [2.05, 4.69) is 5.32 Å². The molecular formula is C13H17NO3. The summed E-state index contributed by atoms with van der Waals surface area (Å²) >= 11 is 0. The first-order chi connectivity index (χ1) is 8.03. The third-order valence-corrected chi connectivity index (χ3v) is 2.84. The fraction of sp³-hybridized carbons (Fsp3) is 0.462. The fourth-order valence-electron chi connectivity index (χ4n) is 1.93. The Labute approximate surface area is 101 Å². The number of hydrogen-bond acceptors (Lipinski definition) is 4. The van der Waals surface area contributed by atoms with E-state index in [-0.39, 0.29) is 5.97 Å². The zero-order chi connectivity index (χ0) is 12.5. The molecule has 4 nitrogen and oxygen atoms in total. The van der Waals surface area contributed by atoms with E-state index in [0.29, 0.717) is 0 Å². The van der Waals surface area contributed by atoms with Gasteiger partial charge in [-0.2, -0.15) is 0 Å². The summed E-state index contributed by atoms with van der Waals surface area (Å²) in [5.41, 5.74) is 1.35. The molecule has 0 saturated heterocycles. The second kappa shape index (κ2) is 4.28. The topological polar surface area (TPSA) is 47.6 Å². The van der Waals surface area contributed by atoms with Crippen LogP contribution in [0.2, 0.25) is 0 Å². The van der Waals surface area contributed by atoms with Crippen molar-refractivity contribution in [3.05, 3.63) is 23.8 Å². The van der Waals surface area contributed by atoms with Crippen molar-refractivity contribution in [3.63, 3.8) is 0 Å². The number of nitrogens with one attached hydrogen (secondary N) is 1. The molecule has 1 aromatic rings. The monoisotopic (exact) mass is 235 g/mol. The molecule has 17 heavy (non-hydrogen) atoms. The minimum Gasteiger partial charge on any atom is -0.493 e. The van der Waals surface area contributed by atoms with Crippen LogP contribution in [0.4, 0.5) is 5.69 Å². The normalized spacial score (nSPS) is 13.8. The van der Waals surface area contributed by atoms with Crippen molar-refractivity contribution < 1.29 is 14.3 Å². The molecule has 1 N–H and O–H groups in total. The lowest BCUT2D eigenvalue weighted by Gasteiger charge is -2.24. The molecule has 0 atom stereocenters. The van der Waals surface area contributed by atoms with Crippen LogP contribution in [0.25, 0.3) is 0 Å². The minimum absolute atomic E-state index is 0.283. The Balaban J connectivity index is 2.16. The van der Waals surface area contributed by atoms with Gasteiger partial charge in [-0.1, -0.05) is 0 Å². The molecule has 0 unspecified atom stereocenters. The van der Waals surface area contributed by atoms with E-state index in [4.69, 9.17) is 9.47 Å². The van der Waals surface area contributed by atoms with E-state index < -0.39 is 5.54 Å². The third kappa shape index (κ3) is 2.35. The summed E-state index contributed by atoms with van der Waals surface area (Å²) in [5.74, 6) is 0.653. The molecule has 0 radical (unpaired) electrons. The number of anilines is 1. The number of fused-ring (bicyclic) bond motifs is 1. The van der Waals surface area contributed by atoms with Gasteiger partial charge in [-0.15, -0.1) is 0 Å². The number of methoxy groups -OCH3 is 1. The third-order valence-electron chi connectivity index (χ3n) is 2.84. The maximum absolute atomic E-state index is 11.6. The van der Waals surface area contributed by atoms with Crippen LogP contribution in [0, 0.1) is 0 Å². The molecule has 0 aromatic heterocycles. The molecular weight excluding hydrogens is 218 g/mol. The highest BCUT2D eigenvalue weighted by atomic mass is 16.5. The lowest BCUT2D eigenvalue weighted by molar-refractivity contribution is -0.144. The first kappa shape index (κ1) is 11.8. The Morgan fingerprint density at radius 1 is 1.47 bits per heavy atom. The Bertz CT molecular complexity index is 440. The van der Waals surface area contributed by atoms with Crippen molar-refractivity contribution in [3.8, 4) is 5.75 Å². The minimum atomic E-state index is -0.734. The highest BCUT2D eigenvalue weighted by Crippen LogP contribution is 2.29. The van der Waals surface area contributed by atoms with Gasteiger partial charge in [-0.3, -0.25) is 0 Å². The molecule has 0 aliphatic carbocycles. The molecule has 4 heteroatoms. The lowest BCUT2D eigenvalue weighted by atomic mass is 10.0. The number of carbonyl (C=O) groups excluding carboxylic acids is 1. The quantitative estimate of drug-likeness (QED) is 0.814. The maximum Gasteiger partial charge on any atom is 0.330 e. The van der Waals surface area contributed by atoms with E-state index in [9.17, 15) is 4.79 Å². The summed E-state index contributed by atoms with van der Waals surface area (Å²) in [6, 6.07) is 5.86. The SMILES string of the molecule is COC(=O)C(C)(C)Nc1ccc2c(c1)CCO2. The molecule has 0 fully saturated rings. The molecule has 2 rings (SSSR count). The highest BCUT2D eigenvalue weighted by Gasteiger charge is 2.28. The number of hydrogen-bond donors (Lipinski definition) is 1. The highest BCUT2D eigenvalue weighted by molar-refractivity contribution is 5.83. The second-order valence-electron chi connectivity index (χ2n) is 4.66. The summed E-state index contributed by atoms with van der Waals surface area (Å²) < 4.78 is 10.2. The van der Waals surface area contributed by atoms with Gasteiger partial charge in [0.05, 0.1) is 13.7 Å². The van der Waals surface area contributed by atoms with Crippen LogP contribution in [0.15, 0.2) is 18.2 Å². The first-order valence-electron chi connectivity index (χ1n) is 5.65.